The SMILES string of the molecule is CC(CCCO)NC(=O)Nc1cc(Cl)ccc1N1CCCCC1. The Morgan fingerprint density at radius 3 is 2.78 bits per heavy atom. The van der Waals surface area contributed by atoms with Gasteiger partial charge in [-0.15, -0.1) is 0 Å². The van der Waals surface area contributed by atoms with Crippen LogP contribution in [0, 0.1) is 0 Å². The number of carbonyl (C=O) groups is 1. The number of aliphatic hydroxyl groups excluding tert-OH is 1. The number of hydrogen-bond acceptors (Lipinski definition) is 3. The van der Waals surface area contributed by atoms with Crippen molar-refractivity contribution in [1.29, 1.82) is 0 Å². The van der Waals surface area contributed by atoms with E-state index in [0.717, 1.165) is 30.9 Å². The van der Waals surface area contributed by atoms with Gasteiger partial charge < -0.3 is 20.6 Å². The van der Waals surface area contributed by atoms with E-state index in [2.05, 4.69) is 15.5 Å². The fraction of sp³-hybridized carbons (Fsp3) is 0.588. The maximum absolute atomic E-state index is 12.2. The van der Waals surface area contributed by atoms with E-state index < -0.39 is 0 Å². The largest absolute Gasteiger partial charge is 0.396 e. The van der Waals surface area contributed by atoms with Crippen LogP contribution in [0.4, 0.5) is 16.2 Å². The quantitative estimate of drug-likeness (QED) is 0.741. The van der Waals surface area contributed by atoms with Crippen LogP contribution in [-0.2, 0) is 0 Å². The van der Waals surface area contributed by atoms with Crippen molar-refractivity contribution in [3.8, 4) is 0 Å². The number of rotatable bonds is 6. The molecule has 1 unspecified atom stereocenters. The van der Waals surface area contributed by atoms with Crippen LogP contribution < -0.4 is 15.5 Å². The summed E-state index contributed by atoms with van der Waals surface area (Å²) in [4.78, 5) is 14.5. The number of carbonyl (C=O) groups excluding carboxylic acids is 1. The fourth-order valence-electron chi connectivity index (χ4n) is 2.87. The molecule has 0 bridgehead atoms. The van der Waals surface area contributed by atoms with Crippen LogP contribution in [0.25, 0.3) is 0 Å². The second-order valence-corrected chi connectivity index (χ2v) is 6.51. The lowest BCUT2D eigenvalue weighted by atomic mass is 10.1. The van der Waals surface area contributed by atoms with Crippen LogP contribution in [0.3, 0.4) is 0 Å². The zero-order valence-electron chi connectivity index (χ0n) is 13.6. The summed E-state index contributed by atoms with van der Waals surface area (Å²) in [5.74, 6) is 0. The van der Waals surface area contributed by atoms with Crippen LogP contribution in [0.5, 0.6) is 0 Å². The Morgan fingerprint density at radius 1 is 1.35 bits per heavy atom. The van der Waals surface area contributed by atoms with Gasteiger partial charge in [0.15, 0.2) is 0 Å². The minimum atomic E-state index is -0.240. The topological polar surface area (TPSA) is 64.6 Å². The number of urea groups is 1. The smallest absolute Gasteiger partial charge is 0.319 e. The van der Waals surface area contributed by atoms with Gasteiger partial charge in [-0.25, -0.2) is 4.79 Å². The Bertz CT molecular complexity index is 519. The van der Waals surface area contributed by atoms with Crippen LogP contribution in [0.2, 0.25) is 5.02 Å². The second-order valence-electron chi connectivity index (χ2n) is 6.07. The van der Waals surface area contributed by atoms with Gasteiger partial charge in [0.05, 0.1) is 11.4 Å². The number of hydrogen-bond donors (Lipinski definition) is 3. The van der Waals surface area contributed by atoms with E-state index in [-0.39, 0.29) is 18.7 Å². The molecule has 2 amide bonds. The molecule has 1 aromatic rings. The lowest BCUT2D eigenvalue weighted by Crippen LogP contribution is -2.37. The molecule has 0 radical (unpaired) electrons. The van der Waals surface area contributed by atoms with Crippen molar-refractivity contribution in [2.45, 2.75) is 45.1 Å². The van der Waals surface area contributed by atoms with Gasteiger partial charge in [0.25, 0.3) is 0 Å². The average Bonchev–Trinajstić information content (AvgIpc) is 2.53. The normalized spacial score (nSPS) is 16.0. The zero-order valence-corrected chi connectivity index (χ0v) is 14.4. The van der Waals surface area contributed by atoms with Crippen molar-refractivity contribution in [3.05, 3.63) is 23.2 Å². The lowest BCUT2D eigenvalue weighted by Gasteiger charge is -2.30. The number of piperidine rings is 1. The molecule has 3 N–H and O–H groups in total. The summed E-state index contributed by atoms with van der Waals surface area (Å²) in [6, 6.07) is 5.40. The monoisotopic (exact) mass is 339 g/mol. The highest BCUT2D eigenvalue weighted by Gasteiger charge is 2.16. The number of nitrogens with zero attached hydrogens (tertiary/aromatic N) is 1. The maximum atomic E-state index is 12.2. The molecule has 2 rings (SSSR count). The first-order valence-electron chi connectivity index (χ1n) is 8.33. The maximum Gasteiger partial charge on any atom is 0.319 e. The van der Waals surface area contributed by atoms with Gasteiger partial charge in [-0.1, -0.05) is 11.6 Å². The van der Waals surface area contributed by atoms with Gasteiger partial charge in [0.2, 0.25) is 0 Å². The van der Waals surface area contributed by atoms with Crippen LogP contribution in [0.1, 0.15) is 39.0 Å². The van der Waals surface area contributed by atoms with Crippen molar-refractivity contribution >= 4 is 29.0 Å². The van der Waals surface area contributed by atoms with Crippen LogP contribution >= 0.6 is 11.6 Å². The van der Waals surface area contributed by atoms with E-state index in [4.69, 9.17) is 16.7 Å². The average molecular weight is 340 g/mol. The van der Waals surface area contributed by atoms with Gasteiger partial charge >= 0.3 is 6.03 Å². The summed E-state index contributed by atoms with van der Waals surface area (Å²) in [6.45, 7) is 4.08. The molecule has 1 heterocycles. The molecule has 1 aliphatic heterocycles. The number of benzene rings is 1. The molecule has 6 heteroatoms. The van der Waals surface area contributed by atoms with E-state index in [1.165, 1.54) is 19.3 Å². The third kappa shape index (κ3) is 5.59. The minimum Gasteiger partial charge on any atom is -0.396 e. The molecular formula is C17H26ClN3O2. The first kappa shape index (κ1) is 17.9. The van der Waals surface area contributed by atoms with Crippen molar-refractivity contribution in [2.24, 2.45) is 0 Å². The third-order valence-electron chi connectivity index (χ3n) is 4.08. The Morgan fingerprint density at radius 2 is 2.09 bits per heavy atom. The van der Waals surface area contributed by atoms with Crippen LogP contribution in [0.15, 0.2) is 18.2 Å². The molecule has 1 fully saturated rings. The Kier molecular flexibility index (Phi) is 6.99. The lowest BCUT2D eigenvalue weighted by molar-refractivity contribution is 0.245. The number of aliphatic hydroxyl groups is 1. The number of anilines is 2. The predicted octanol–water partition coefficient (Wildman–Crippen LogP) is 3.61. The summed E-state index contributed by atoms with van der Waals surface area (Å²) in [6.07, 6.45) is 5.03. The van der Waals surface area contributed by atoms with Crippen molar-refractivity contribution in [2.75, 3.05) is 29.9 Å². The summed E-state index contributed by atoms with van der Waals surface area (Å²) in [5.41, 5.74) is 1.76. The first-order chi connectivity index (χ1) is 11.1. The van der Waals surface area contributed by atoms with E-state index in [1.807, 2.05) is 19.1 Å². The minimum absolute atomic E-state index is 0.0137. The fourth-order valence-corrected chi connectivity index (χ4v) is 3.04. The highest BCUT2D eigenvalue weighted by molar-refractivity contribution is 6.31. The molecule has 0 saturated carbocycles. The number of halogens is 1. The Balaban J connectivity index is 2.02. The van der Waals surface area contributed by atoms with Crippen molar-refractivity contribution < 1.29 is 9.90 Å². The molecule has 1 atom stereocenters. The standard InChI is InChI=1S/C17H26ClN3O2/c1-13(6-5-11-22)19-17(23)20-15-12-14(18)7-8-16(15)21-9-3-2-4-10-21/h7-8,12-13,22H,2-6,9-11H2,1H3,(H2,19,20,23). The second kappa shape index (κ2) is 8.99. The molecule has 23 heavy (non-hydrogen) atoms. The van der Waals surface area contributed by atoms with Gasteiger partial charge in [0, 0.05) is 30.8 Å². The van der Waals surface area contributed by atoms with Crippen molar-refractivity contribution in [3.63, 3.8) is 0 Å². The van der Waals surface area contributed by atoms with Crippen molar-refractivity contribution in [1.82, 2.24) is 5.32 Å². The Hall–Kier alpha value is -1.46. The molecule has 0 aromatic heterocycles. The molecule has 0 spiro atoms. The summed E-state index contributed by atoms with van der Waals surface area (Å²) in [5, 5.41) is 15.3. The molecule has 1 aromatic carbocycles. The van der Waals surface area contributed by atoms with E-state index >= 15 is 0 Å². The van der Waals surface area contributed by atoms with E-state index in [0.29, 0.717) is 11.4 Å². The van der Waals surface area contributed by atoms with E-state index in [9.17, 15) is 4.79 Å². The first-order valence-corrected chi connectivity index (χ1v) is 8.71. The Labute approximate surface area is 143 Å². The van der Waals surface area contributed by atoms with Crippen LogP contribution in [-0.4, -0.2) is 36.9 Å². The molecule has 1 saturated heterocycles. The number of amides is 2. The zero-order chi connectivity index (χ0) is 16.7. The molecule has 128 valence electrons. The van der Waals surface area contributed by atoms with E-state index in [1.54, 1.807) is 6.07 Å². The van der Waals surface area contributed by atoms with Gasteiger partial charge in [0.1, 0.15) is 0 Å². The molecular weight excluding hydrogens is 314 g/mol. The third-order valence-corrected chi connectivity index (χ3v) is 4.31. The molecule has 1 aliphatic rings. The van der Waals surface area contributed by atoms with Gasteiger partial charge in [-0.3, -0.25) is 0 Å². The highest BCUT2D eigenvalue weighted by Crippen LogP contribution is 2.31. The van der Waals surface area contributed by atoms with Gasteiger partial charge in [-0.2, -0.15) is 0 Å². The summed E-state index contributed by atoms with van der Waals surface area (Å²) < 4.78 is 0. The molecule has 5 nitrogen and oxygen atoms in total. The molecule has 0 aliphatic carbocycles. The summed E-state index contributed by atoms with van der Waals surface area (Å²) in [7, 11) is 0. The predicted molar refractivity (Wildman–Crippen MR) is 95.5 cm³/mol. The highest BCUT2D eigenvalue weighted by atomic mass is 35.5. The van der Waals surface area contributed by atoms with Gasteiger partial charge in [-0.05, 0) is 57.2 Å². The summed E-state index contributed by atoms with van der Waals surface area (Å²) >= 11 is 6.10. The number of nitrogens with one attached hydrogen (secondary N) is 2.